The van der Waals surface area contributed by atoms with Gasteiger partial charge in [0.2, 0.25) is 0 Å². The van der Waals surface area contributed by atoms with E-state index in [4.69, 9.17) is 9.47 Å². The number of nitrogens with zero attached hydrogens (tertiary/aromatic N) is 2. The molecule has 3 rings (SSSR count). The molecule has 3 unspecified atom stereocenters. The molecule has 0 radical (unpaired) electrons. The predicted octanol–water partition coefficient (Wildman–Crippen LogP) is 1.65. The van der Waals surface area contributed by atoms with Crippen LogP contribution in [0, 0.1) is 17.3 Å². The molecule has 0 aromatic heterocycles. The summed E-state index contributed by atoms with van der Waals surface area (Å²) in [6.07, 6.45) is 3.38. The van der Waals surface area contributed by atoms with Gasteiger partial charge in [0.15, 0.2) is 5.96 Å². The zero-order valence-electron chi connectivity index (χ0n) is 15.4. The minimum absolute atomic E-state index is 0.0470. The fraction of sp³-hybridized carbons (Fsp3) is 0.889. The zero-order valence-corrected chi connectivity index (χ0v) is 15.4. The van der Waals surface area contributed by atoms with E-state index in [1.165, 1.54) is 0 Å². The van der Waals surface area contributed by atoms with Gasteiger partial charge >= 0.3 is 5.97 Å². The van der Waals surface area contributed by atoms with Crippen molar-refractivity contribution in [2.24, 2.45) is 22.2 Å². The SMILES string of the molecule is CCOC(=O)[C@H]1CCCN(C(=NC)NC2C3CCOC3C2(C)C)C1. The Balaban J connectivity index is 1.63. The lowest BCUT2D eigenvalue weighted by Crippen LogP contribution is -2.68. The molecule has 4 atom stereocenters. The Hall–Kier alpha value is -1.30. The second-order valence-corrected chi connectivity index (χ2v) is 7.77. The number of rotatable bonds is 3. The lowest BCUT2D eigenvalue weighted by Gasteiger charge is -2.55. The molecule has 0 spiro atoms. The molecule has 2 saturated heterocycles. The molecule has 0 aromatic carbocycles. The number of carbonyl (C=O) groups excluding carboxylic acids is 1. The third-order valence-corrected chi connectivity index (χ3v) is 5.94. The van der Waals surface area contributed by atoms with Crippen LogP contribution in [-0.2, 0) is 14.3 Å². The molecule has 0 amide bonds. The largest absolute Gasteiger partial charge is 0.466 e. The second-order valence-electron chi connectivity index (χ2n) is 7.77. The van der Waals surface area contributed by atoms with Gasteiger partial charge in [0.25, 0.3) is 0 Å². The highest BCUT2D eigenvalue weighted by Crippen LogP contribution is 2.52. The van der Waals surface area contributed by atoms with E-state index in [0.29, 0.717) is 31.2 Å². The van der Waals surface area contributed by atoms with Crippen LogP contribution in [0.25, 0.3) is 0 Å². The summed E-state index contributed by atoms with van der Waals surface area (Å²) in [5.74, 6) is 1.36. The number of carbonyl (C=O) groups is 1. The summed E-state index contributed by atoms with van der Waals surface area (Å²) in [6, 6.07) is 0.381. The van der Waals surface area contributed by atoms with Crippen molar-refractivity contribution in [3.05, 3.63) is 0 Å². The number of hydrogen-bond donors (Lipinski definition) is 1. The first kappa shape index (κ1) is 17.5. The zero-order chi connectivity index (χ0) is 17.3. The maximum atomic E-state index is 12.1. The quantitative estimate of drug-likeness (QED) is 0.482. The molecule has 6 nitrogen and oxygen atoms in total. The van der Waals surface area contributed by atoms with E-state index in [1.54, 1.807) is 0 Å². The highest BCUT2D eigenvalue weighted by molar-refractivity contribution is 5.82. The summed E-state index contributed by atoms with van der Waals surface area (Å²) in [4.78, 5) is 18.8. The van der Waals surface area contributed by atoms with E-state index in [0.717, 1.165) is 38.4 Å². The van der Waals surface area contributed by atoms with Gasteiger partial charge in [0.1, 0.15) is 0 Å². The number of fused-ring (bicyclic) bond motifs is 1. The fourth-order valence-electron chi connectivity index (χ4n) is 4.68. The molecule has 1 aliphatic carbocycles. The average Bonchev–Trinajstić information content (AvgIpc) is 3.03. The fourth-order valence-corrected chi connectivity index (χ4v) is 4.68. The number of piperidine rings is 1. The first-order chi connectivity index (χ1) is 11.5. The van der Waals surface area contributed by atoms with Crippen molar-refractivity contribution in [1.82, 2.24) is 10.2 Å². The highest BCUT2D eigenvalue weighted by atomic mass is 16.5. The molecule has 2 heterocycles. The van der Waals surface area contributed by atoms with Gasteiger partial charge in [-0.2, -0.15) is 0 Å². The van der Waals surface area contributed by atoms with Crippen LogP contribution >= 0.6 is 0 Å². The lowest BCUT2D eigenvalue weighted by atomic mass is 9.57. The van der Waals surface area contributed by atoms with Crippen molar-refractivity contribution in [3.8, 4) is 0 Å². The van der Waals surface area contributed by atoms with Crippen LogP contribution < -0.4 is 5.32 Å². The van der Waals surface area contributed by atoms with E-state index in [2.05, 4.69) is 29.1 Å². The van der Waals surface area contributed by atoms with Crippen molar-refractivity contribution in [2.75, 3.05) is 33.4 Å². The summed E-state index contributed by atoms with van der Waals surface area (Å²) in [5.41, 5.74) is 0.118. The Labute approximate surface area is 145 Å². The number of ether oxygens (including phenoxy) is 2. The third kappa shape index (κ3) is 3.01. The van der Waals surface area contributed by atoms with Crippen molar-refractivity contribution in [1.29, 1.82) is 0 Å². The minimum atomic E-state index is -0.0779. The van der Waals surface area contributed by atoms with Crippen LogP contribution in [0.5, 0.6) is 0 Å². The molecule has 1 N–H and O–H groups in total. The average molecular weight is 337 g/mol. The van der Waals surface area contributed by atoms with Gasteiger partial charge in [-0.15, -0.1) is 0 Å². The summed E-state index contributed by atoms with van der Waals surface area (Å²) in [6.45, 7) is 9.33. The van der Waals surface area contributed by atoms with Crippen molar-refractivity contribution < 1.29 is 14.3 Å². The van der Waals surface area contributed by atoms with Gasteiger partial charge < -0.3 is 19.7 Å². The van der Waals surface area contributed by atoms with E-state index >= 15 is 0 Å². The molecule has 1 saturated carbocycles. The number of nitrogens with one attached hydrogen (secondary N) is 1. The molecule has 136 valence electrons. The summed E-state index contributed by atoms with van der Waals surface area (Å²) in [5, 5.41) is 3.67. The molecule has 3 aliphatic rings. The van der Waals surface area contributed by atoms with E-state index < -0.39 is 0 Å². The molecule has 0 bridgehead atoms. The van der Waals surface area contributed by atoms with Gasteiger partial charge in [0, 0.05) is 44.1 Å². The molecular weight excluding hydrogens is 306 g/mol. The number of guanidine groups is 1. The molecule has 2 aliphatic heterocycles. The van der Waals surface area contributed by atoms with E-state index in [-0.39, 0.29) is 17.3 Å². The van der Waals surface area contributed by atoms with Gasteiger partial charge in [-0.1, -0.05) is 13.8 Å². The van der Waals surface area contributed by atoms with Crippen LogP contribution in [0.3, 0.4) is 0 Å². The first-order valence-electron chi connectivity index (χ1n) is 9.25. The van der Waals surface area contributed by atoms with E-state index in [1.807, 2.05) is 14.0 Å². The predicted molar refractivity (Wildman–Crippen MR) is 92.8 cm³/mol. The molecule has 24 heavy (non-hydrogen) atoms. The van der Waals surface area contributed by atoms with Crippen molar-refractivity contribution in [2.45, 2.75) is 52.2 Å². The third-order valence-electron chi connectivity index (χ3n) is 5.94. The van der Waals surface area contributed by atoms with Gasteiger partial charge in [-0.25, -0.2) is 0 Å². The second kappa shape index (κ2) is 6.90. The highest BCUT2D eigenvalue weighted by Gasteiger charge is 2.59. The lowest BCUT2D eigenvalue weighted by molar-refractivity contribution is -0.149. The topological polar surface area (TPSA) is 63.2 Å². The number of hydrogen-bond acceptors (Lipinski definition) is 4. The van der Waals surface area contributed by atoms with Crippen molar-refractivity contribution >= 4 is 11.9 Å². The maximum absolute atomic E-state index is 12.1. The van der Waals surface area contributed by atoms with Crippen LogP contribution in [0.4, 0.5) is 0 Å². The van der Waals surface area contributed by atoms with Crippen molar-refractivity contribution in [3.63, 3.8) is 0 Å². The number of aliphatic imine (C=N–C) groups is 1. The summed E-state index contributed by atoms with van der Waals surface area (Å²) in [7, 11) is 1.82. The van der Waals surface area contributed by atoms with E-state index in [9.17, 15) is 4.79 Å². The van der Waals surface area contributed by atoms with Gasteiger partial charge in [-0.3, -0.25) is 9.79 Å². The van der Waals surface area contributed by atoms with Crippen LogP contribution in [0.2, 0.25) is 0 Å². The van der Waals surface area contributed by atoms with Gasteiger partial charge in [-0.05, 0) is 26.2 Å². The minimum Gasteiger partial charge on any atom is -0.466 e. The normalized spacial score (nSPS) is 35.2. The summed E-state index contributed by atoms with van der Waals surface area (Å²) >= 11 is 0. The maximum Gasteiger partial charge on any atom is 0.310 e. The summed E-state index contributed by atoms with van der Waals surface area (Å²) < 4.78 is 11.1. The molecule has 0 aromatic rings. The van der Waals surface area contributed by atoms with Crippen LogP contribution in [-0.4, -0.2) is 62.3 Å². The van der Waals surface area contributed by atoms with Crippen LogP contribution in [0.1, 0.15) is 40.0 Å². The Morgan fingerprint density at radius 3 is 2.92 bits per heavy atom. The molecular formula is C18H31N3O3. The monoisotopic (exact) mass is 337 g/mol. The smallest absolute Gasteiger partial charge is 0.310 e. The Morgan fingerprint density at radius 2 is 2.21 bits per heavy atom. The first-order valence-corrected chi connectivity index (χ1v) is 9.25. The Bertz CT molecular complexity index is 506. The van der Waals surface area contributed by atoms with Gasteiger partial charge in [0.05, 0.1) is 18.6 Å². The van der Waals surface area contributed by atoms with Crippen LogP contribution in [0.15, 0.2) is 4.99 Å². The molecule has 6 heteroatoms. The Kier molecular flexibility index (Phi) is 5.04. The Morgan fingerprint density at radius 1 is 1.42 bits per heavy atom. The standard InChI is InChI=1S/C18H31N3O3/c1-5-23-16(22)12-7-6-9-21(11-12)17(19-4)20-14-13-8-10-24-15(13)18(14,2)3/h12-15H,5-11H2,1-4H3,(H,19,20)/t12-,13?,14?,15?/m0/s1. The molecule has 3 fully saturated rings. The number of likely N-dealkylation sites (tertiary alicyclic amines) is 1. The number of esters is 1.